The normalized spacial score (nSPS) is 20.0. The van der Waals surface area contributed by atoms with Crippen LogP contribution in [0.4, 0.5) is 0 Å². The highest BCUT2D eigenvalue weighted by Gasteiger charge is 2.39. The van der Waals surface area contributed by atoms with Gasteiger partial charge >= 0.3 is 0 Å². The third-order valence-electron chi connectivity index (χ3n) is 3.59. The summed E-state index contributed by atoms with van der Waals surface area (Å²) in [6.07, 6.45) is 0. The van der Waals surface area contributed by atoms with Gasteiger partial charge in [0.1, 0.15) is 11.4 Å². The molecule has 0 saturated carbocycles. The molecule has 1 N–H and O–H groups in total. The average molecular weight is 306 g/mol. The zero-order valence-corrected chi connectivity index (χ0v) is 13.7. The van der Waals surface area contributed by atoms with Crippen LogP contribution in [0.2, 0.25) is 0 Å². The van der Waals surface area contributed by atoms with E-state index in [9.17, 15) is 9.59 Å². The Morgan fingerprint density at radius 1 is 1.33 bits per heavy atom. The summed E-state index contributed by atoms with van der Waals surface area (Å²) in [4.78, 5) is 26.2. The third kappa shape index (κ3) is 3.40. The monoisotopic (exact) mass is 306 g/mol. The molecule has 0 radical (unpaired) electrons. The first-order chi connectivity index (χ1) is 9.91. The summed E-state index contributed by atoms with van der Waals surface area (Å²) in [5, 5.41) is 2.81. The molecule has 5 heteroatoms. The zero-order chi connectivity index (χ0) is 15.6. The summed E-state index contributed by atoms with van der Waals surface area (Å²) >= 11 is 1.59. The molecular formula is C16H22N2O2S. The van der Waals surface area contributed by atoms with E-state index in [0.717, 1.165) is 11.1 Å². The van der Waals surface area contributed by atoms with Crippen LogP contribution in [0.15, 0.2) is 24.3 Å². The number of aryl methyl sites for hydroxylation is 1. The van der Waals surface area contributed by atoms with E-state index in [1.165, 1.54) is 0 Å². The fourth-order valence-electron chi connectivity index (χ4n) is 2.49. The number of rotatable bonds is 4. The molecule has 1 aliphatic heterocycles. The predicted molar refractivity (Wildman–Crippen MR) is 86.0 cm³/mol. The van der Waals surface area contributed by atoms with Gasteiger partial charge in [-0.05, 0) is 38.8 Å². The fourth-order valence-corrected chi connectivity index (χ4v) is 3.84. The van der Waals surface area contributed by atoms with Gasteiger partial charge in [-0.1, -0.05) is 24.3 Å². The number of nitrogens with one attached hydrogen (secondary N) is 1. The molecule has 0 aliphatic carbocycles. The van der Waals surface area contributed by atoms with Gasteiger partial charge in [0.2, 0.25) is 11.8 Å². The van der Waals surface area contributed by atoms with Crippen LogP contribution < -0.4 is 5.32 Å². The van der Waals surface area contributed by atoms with Gasteiger partial charge in [-0.3, -0.25) is 9.59 Å². The number of carbonyl (C=O) groups excluding carboxylic acids is 2. The lowest BCUT2D eigenvalue weighted by Gasteiger charge is -2.30. The minimum absolute atomic E-state index is 0.0275. The van der Waals surface area contributed by atoms with E-state index >= 15 is 0 Å². The number of amides is 2. The molecule has 1 aromatic carbocycles. The lowest BCUT2D eigenvalue weighted by atomic mass is 10.1. The zero-order valence-electron chi connectivity index (χ0n) is 12.9. The minimum Gasteiger partial charge on any atom is -0.352 e. The summed E-state index contributed by atoms with van der Waals surface area (Å²) in [7, 11) is 0. The molecule has 2 amide bonds. The molecule has 2 atom stereocenters. The predicted octanol–water partition coefficient (Wildman–Crippen LogP) is 2.48. The van der Waals surface area contributed by atoms with Crippen molar-refractivity contribution in [3.63, 3.8) is 0 Å². The van der Waals surface area contributed by atoms with Crippen LogP contribution in [0.5, 0.6) is 0 Å². The van der Waals surface area contributed by atoms with Crippen LogP contribution in [0.1, 0.15) is 37.3 Å². The van der Waals surface area contributed by atoms with Gasteiger partial charge in [0.25, 0.3) is 0 Å². The first-order valence-electron chi connectivity index (χ1n) is 7.20. The first kappa shape index (κ1) is 15.9. The van der Waals surface area contributed by atoms with E-state index in [1.54, 1.807) is 23.6 Å². The van der Waals surface area contributed by atoms with Crippen molar-refractivity contribution in [2.24, 2.45) is 0 Å². The molecule has 1 aromatic rings. The Hall–Kier alpha value is -1.49. The largest absolute Gasteiger partial charge is 0.352 e. The molecule has 0 spiro atoms. The lowest BCUT2D eigenvalue weighted by molar-refractivity contribution is -0.138. The van der Waals surface area contributed by atoms with Gasteiger partial charge in [-0.2, -0.15) is 0 Å². The molecule has 21 heavy (non-hydrogen) atoms. The maximum absolute atomic E-state index is 12.2. The van der Waals surface area contributed by atoms with Crippen molar-refractivity contribution < 1.29 is 9.59 Å². The van der Waals surface area contributed by atoms with Crippen molar-refractivity contribution in [3.05, 3.63) is 35.4 Å². The Labute approximate surface area is 130 Å². The number of hydrogen-bond acceptors (Lipinski definition) is 3. The van der Waals surface area contributed by atoms with Gasteiger partial charge in [0, 0.05) is 6.04 Å². The molecule has 4 nitrogen and oxygen atoms in total. The molecule has 0 unspecified atom stereocenters. The SMILES string of the molecule is Cc1ccccc1[C@@H]1SCC(=O)N1[C@H](C)C(=O)NC(C)C. The maximum Gasteiger partial charge on any atom is 0.242 e. The van der Waals surface area contributed by atoms with Crippen LogP contribution in [-0.4, -0.2) is 34.6 Å². The number of carbonyl (C=O) groups is 2. The Morgan fingerprint density at radius 3 is 2.62 bits per heavy atom. The standard InChI is InChI=1S/C16H22N2O2S/c1-10(2)17-15(20)12(4)18-14(19)9-21-16(18)13-8-6-5-7-11(13)3/h5-8,10,12,16H,9H2,1-4H3,(H,17,20)/t12-,16+/m1/s1. The Balaban J connectivity index is 2.25. The van der Waals surface area contributed by atoms with Crippen LogP contribution in [0, 0.1) is 6.92 Å². The molecule has 1 fully saturated rings. The van der Waals surface area contributed by atoms with E-state index in [1.807, 2.05) is 45.0 Å². The Bertz CT molecular complexity index is 545. The highest BCUT2D eigenvalue weighted by molar-refractivity contribution is 8.00. The van der Waals surface area contributed by atoms with Crippen molar-refractivity contribution in [2.45, 2.75) is 45.2 Å². The molecule has 1 saturated heterocycles. The van der Waals surface area contributed by atoms with E-state index in [-0.39, 0.29) is 23.2 Å². The van der Waals surface area contributed by atoms with Crippen LogP contribution >= 0.6 is 11.8 Å². The summed E-state index contributed by atoms with van der Waals surface area (Å²) in [6.45, 7) is 7.68. The maximum atomic E-state index is 12.2. The minimum atomic E-state index is -0.459. The average Bonchev–Trinajstić information content (AvgIpc) is 2.79. The summed E-state index contributed by atoms with van der Waals surface area (Å²) < 4.78 is 0. The number of thioether (sulfide) groups is 1. The van der Waals surface area contributed by atoms with Crippen molar-refractivity contribution in [1.29, 1.82) is 0 Å². The van der Waals surface area contributed by atoms with Crippen molar-refractivity contribution in [3.8, 4) is 0 Å². The van der Waals surface area contributed by atoms with Crippen molar-refractivity contribution in [1.82, 2.24) is 10.2 Å². The van der Waals surface area contributed by atoms with E-state index in [2.05, 4.69) is 5.32 Å². The van der Waals surface area contributed by atoms with Gasteiger partial charge in [-0.25, -0.2) is 0 Å². The molecule has 0 bridgehead atoms. The number of nitrogens with zero attached hydrogens (tertiary/aromatic N) is 1. The molecule has 114 valence electrons. The van der Waals surface area contributed by atoms with Crippen molar-refractivity contribution >= 4 is 23.6 Å². The molecule has 1 heterocycles. The Kier molecular flexibility index (Phi) is 4.93. The fraction of sp³-hybridized carbons (Fsp3) is 0.500. The number of hydrogen-bond donors (Lipinski definition) is 1. The van der Waals surface area contributed by atoms with Gasteiger partial charge in [-0.15, -0.1) is 11.8 Å². The number of benzene rings is 1. The molecule has 1 aliphatic rings. The van der Waals surface area contributed by atoms with E-state index in [0.29, 0.717) is 5.75 Å². The second-order valence-corrected chi connectivity index (χ2v) is 6.73. The van der Waals surface area contributed by atoms with Crippen LogP contribution in [-0.2, 0) is 9.59 Å². The summed E-state index contributed by atoms with van der Waals surface area (Å²) in [5.41, 5.74) is 2.25. The smallest absolute Gasteiger partial charge is 0.242 e. The van der Waals surface area contributed by atoms with Gasteiger partial charge in [0.05, 0.1) is 5.75 Å². The van der Waals surface area contributed by atoms with Crippen molar-refractivity contribution in [2.75, 3.05) is 5.75 Å². The second kappa shape index (κ2) is 6.52. The topological polar surface area (TPSA) is 49.4 Å². The summed E-state index contributed by atoms with van der Waals surface area (Å²) in [6, 6.07) is 7.64. The molecule has 0 aromatic heterocycles. The first-order valence-corrected chi connectivity index (χ1v) is 8.25. The highest BCUT2D eigenvalue weighted by atomic mass is 32.2. The third-order valence-corrected chi connectivity index (χ3v) is 4.80. The van der Waals surface area contributed by atoms with Crippen LogP contribution in [0.3, 0.4) is 0 Å². The van der Waals surface area contributed by atoms with E-state index < -0.39 is 6.04 Å². The highest BCUT2D eigenvalue weighted by Crippen LogP contribution is 2.41. The lowest BCUT2D eigenvalue weighted by Crippen LogP contribution is -2.48. The van der Waals surface area contributed by atoms with E-state index in [4.69, 9.17) is 0 Å². The quantitative estimate of drug-likeness (QED) is 0.930. The molecule has 2 rings (SSSR count). The molecular weight excluding hydrogens is 284 g/mol. The second-order valence-electron chi connectivity index (χ2n) is 5.66. The Morgan fingerprint density at radius 2 is 2.00 bits per heavy atom. The van der Waals surface area contributed by atoms with Gasteiger partial charge < -0.3 is 10.2 Å². The van der Waals surface area contributed by atoms with Gasteiger partial charge in [0.15, 0.2) is 0 Å². The van der Waals surface area contributed by atoms with Crippen LogP contribution in [0.25, 0.3) is 0 Å². The summed E-state index contributed by atoms with van der Waals surface area (Å²) in [5.74, 6) is 0.359.